The van der Waals surface area contributed by atoms with E-state index in [1.807, 2.05) is 24.3 Å². The van der Waals surface area contributed by atoms with Crippen LogP contribution in [0.1, 0.15) is 21.5 Å². The fourth-order valence-corrected chi connectivity index (χ4v) is 2.57. The smallest absolute Gasteiger partial charge is 0.257 e. The van der Waals surface area contributed by atoms with Crippen LogP contribution in [0.5, 0.6) is 0 Å². The summed E-state index contributed by atoms with van der Waals surface area (Å²) in [5.41, 5.74) is 7.25. The molecule has 0 spiro atoms. The highest BCUT2D eigenvalue weighted by Crippen LogP contribution is 2.23. The van der Waals surface area contributed by atoms with Crippen molar-refractivity contribution in [3.05, 3.63) is 64.7 Å². The lowest BCUT2D eigenvalue weighted by molar-refractivity contribution is 0.0730. The zero-order valence-electron chi connectivity index (χ0n) is 11.3. The number of benzene rings is 2. The summed E-state index contributed by atoms with van der Waals surface area (Å²) < 4.78 is 27.0. The SMILES string of the molecule is Nc1cc(C(=O)N2CCc3ccccc3C2)c(F)cc1F. The van der Waals surface area contributed by atoms with E-state index in [-0.39, 0.29) is 11.3 Å². The largest absolute Gasteiger partial charge is 0.396 e. The van der Waals surface area contributed by atoms with Crippen LogP contribution in [0.25, 0.3) is 0 Å². The number of fused-ring (bicyclic) bond motifs is 1. The molecule has 1 aliphatic heterocycles. The van der Waals surface area contributed by atoms with Gasteiger partial charge in [-0.2, -0.15) is 0 Å². The average molecular weight is 288 g/mol. The van der Waals surface area contributed by atoms with Gasteiger partial charge in [0.1, 0.15) is 11.6 Å². The topological polar surface area (TPSA) is 46.3 Å². The van der Waals surface area contributed by atoms with Crippen molar-refractivity contribution >= 4 is 11.6 Å². The van der Waals surface area contributed by atoms with E-state index in [4.69, 9.17) is 5.73 Å². The van der Waals surface area contributed by atoms with Gasteiger partial charge >= 0.3 is 0 Å². The highest BCUT2D eigenvalue weighted by Gasteiger charge is 2.24. The Morgan fingerprint density at radius 3 is 2.57 bits per heavy atom. The summed E-state index contributed by atoms with van der Waals surface area (Å²) in [6.45, 7) is 0.929. The molecule has 1 heterocycles. The van der Waals surface area contributed by atoms with Crippen molar-refractivity contribution in [3.63, 3.8) is 0 Å². The van der Waals surface area contributed by atoms with E-state index < -0.39 is 17.5 Å². The van der Waals surface area contributed by atoms with Crippen molar-refractivity contribution in [2.24, 2.45) is 0 Å². The molecule has 0 saturated heterocycles. The minimum atomic E-state index is -0.884. The van der Waals surface area contributed by atoms with E-state index in [1.54, 1.807) is 4.90 Å². The van der Waals surface area contributed by atoms with E-state index in [0.717, 1.165) is 18.1 Å². The zero-order chi connectivity index (χ0) is 15.0. The molecule has 2 N–H and O–H groups in total. The van der Waals surface area contributed by atoms with Crippen LogP contribution in [-0.4, -0.2) is 17.4 Å². The van der Waals surface area contributed by atoms with Gasteiger partial charge in [-0.3, -0.25) is 4.79 Å². The lowest BCUT2D eigenvalue weighted by Gasteiger charge is -2.29. The second-order valence-electron chi connectivity index (χ2n) is 5.10. The number of nitrogens with zero attached hydrogens (tertiary/aromatic N) is 1. The lowest BCUT2D eigenvalue weighted by atomic mass is 9.99. The first-order valence-electron chi connectivity index (χ1n) is 6.67. The molecule has 5 heteroatoms. The van der Waals surface area contributed by atoms with Gasteiger partial charge in [0.15, 0.2) is 0 Å². The summed E-state index contributed by atoms with van der Waals surface area (Å²) in [6.07, 6.45) is 0.722. The number of hydrogen-bond donors (Lipinski definition) is 1. The summed E-state index contributed by atoms with van der Waals surface area (Å²) >= 11 is 0. The maximum absolute atomic E-state index is 13.8. The molecule has 0 atom stereocenters. The third-order valence-electron chi connectivity index (χ3n) is 3.73. The molecule has 3 rings (SSSR count). The molecule has 0 saturated carbocycles. The second kappa shape index (κ2) is 5.16. The second-order valence-corrected chi connectivity index (χ2v) is 5.10. The third kappa shape index (κ3) is 2.46. The molecule has 2 aromatic carbocycles. The van der Waals surface area contributed by atoms with Crippen LogP contribution < -0.4 is 5.73 Å². The molecule has 2 aromatic rings. The molecule has 0 unspecified atom stereocenters. The van der Waals surface area contributed by atoms with Crippen molar-refractivity contribution in [1.29, 1.82) is 0 Å². The van der Waals surface area contributed by atoms with E-state index in [2.05, 4.69) is 0 Å². The molecular weight excluding hydrogens is 274 g/mol. The lowest BCUT2D eigenvalue weighted by Crippen LogP contribution is -2.36. The Morgan fingerprint density at radius 1 is 1.10 bits per heavy atom. The number of carbonyl (C=O) groups excluding carboxylic acids is 1. The molecule has 0 aromatic heterocycles. The maximum Gasteiger partial charge on any atom is 0.257 e. The van der Waals surface area contributed by atoms with Crippen LogP contribution >= 0.6 is 0 Å². The predicted molar refractivity (Wildman–Crippen MR) is 75.7 cm³/mol. The molecule has 108 valence electrons. The Hall–Kier alpha value is -2.43. The van der Waals surface area contributed by atoms with Crippen LogP contribution in [0, 0.1) is 11.6 Å². The van der Waals surface area contributed by atoms with Gasteiger partial charge in [0.05, 0.1) is 11.3 Å². The fraction of sp³-hybridized carbons (Fsp3) is 0.188. The number of anilines is 1. The van der Waals surface area contributed by atoms with Crippen molar-refractivity contribution in [3.8, 4) is 0 Å². The van der Waals surface area contributed by atoms with Gasteiger partial charge in [0, 0.05) is 19.2 Å². The van der Waals surface area contributed by atoms with Crippen molar-refractivity contribution in [2.75, 3.05) is 12.3 Å². The van der Waals surface area contributed by atoms with Crippen molar-refractivity contribution in [2.45, 2.75) is 13.0 Å². The quantitative estimate of drug-likeness (QED) is 0.820. The number of hydrogen-bond acceptors (Lipinski definition) is 2. The molecule has 21 heavy (non-hydrogen) atoms. The number of carbonyl (C=O) groups is 1. The Labute approximate surface area is 121 Å². The van der Waals surface area contributed by atoms with Crippen LogP contribution in [0.15, 0.2) is 36.4 Å². The monoisotopic (exact) mass is 288 g/mol. The van der Waals surface area contributed by atoms with Crippen LogP contribution in [-0.2, 0) is 13.0 Å². The normalized spacial score (nSPS) is 13.9. The summed E-state index contributed by atoms with van der Waals surface area (Å²) in [5, 5.41) is 0. The first-order valence-corrected chi connectivity index (χ1v) is 6.67. The summed E-state index contributed by atoms with van der Waals surface area (Å²) in [4.78, 5) is 14.0. The standard InChI is InChI=1S/C16H14F2N2O/c17-13-8-14(18)15(19)7-12(13)16(21)20-6-5-10-3-1-2-4-11(10)9-20/h1-4,7-8H,5-6,9,19H2. The number of rotatable bonds is 1. The van der Waals surface area contributed by atoms with Gasteiger partial charge in [-0.1, -0.05) is 24.3 Å². The van der Waals surface area contributed by atoms with E-state index in [9.17, 15) is 13.6 Å². The predicted octanol–water partition coefficient (Wildman–Crippen LogP) is 2.75. The van der Waals surface area contributed by atoms with Crippen molar-refractivity contribution in [1.82, 2.24) is 4.90 Å². The molecule has 1 amide bonds. The van der Waals surface area contributed by atoms with E-state index >= 15 is 0 Å². The van der Waals surface area contributed by atoms with Crippen LogP contribution in [0.3, 0.4) is 0 Å². The Kier molecular flexibility index (Phi) is 3.33. The highest BCUT2D eigenvalue weighted by atomic mass is 19.1. The summed E-state index contributed by atoms with van der Waals surface area (Å²) in [5.74, 6) is -2.20. The molecule has 1 aliphatic rings. The molecule has 0 bridgehead atoms. The molecule has 0 fully saturated rings. The number of amides is 1. The van der Waals surface area contributed by atoms with Crippen LogP contribution in [0.4, 0.5) is 14.5 Å². The number of nitrogen functional groups attached to an aromatic ring is 1. The molecule has 3 nitrogen and oxygen atoms in total. The summed E-state index contributed by atoms with van der Waals surface area (Å²) in [6, 6.07) is 9.55. The Bertz CT molecular complexity index is 715. The maximum atomic E-state index is 13.8. The zero-order valence-corrected chi connectivity index (χ0v) is 11.3. The number of nitrogens with two attached hydrogens (primary N) is 1. The van der Waals surface area contributed by atoms with Crippen molar-refractivity contribution < 1.29 is 13.6 Å². The highest BCUT2D eigenvalue weighted by molar-refractivity contribution is 5.95. The van der Waals surface area contributed by atoms with E-state index in [0.29, 0.717) is 19.2 Å². The first-order chi connectivity index (χ1) is 10.1. The Balaban J connectivity index is 1.89. The third-order valence-corrected chi connectivity index (χ3v) is 3.73. The summed E-state index contributed by atoms with van der Waals surface area (Å²) in [7, 11) is 0. The van der Waals surface area contributed by atoms with Gasteiger partial charge in [-0.15, -0.1) is 0 Å². The fourth-order valence-electron chi connectivity index (χ4n) is 2.57. The van der Waals surface area contributed by atoms with Gasteiger partial charge in [-0.05, 0) is 23.6 Å². The number of halogens is 2. The average Bonchev–Trinajstić information content (AvgIpc) is 2.50. The minimum Gasteiger partial charge on any atom is -0.396 e. The minimum absolute atomic E-state index is 0.187. The van der Waals surface area contributed by atoms with Gasteiger partial charge in [0.2, 0.25) is 0 Å². The molecule has 0 aliphatic carbocycles. The molecular formula is C16H14F2N2O. The molecule has 0 radical (unpaired) electrons. The Morgan fingerprint density at radius 2 is 1.81 bits per heavy atom. The van der Waals surface area contributed by atoms with E-state index in [1.165, 1.54) is 5.56 Å². The van der Waals surface area contributed by atoms with Gasteiger partial charge in [-0.25, -0.2) is 8.78 Å². The first kappa shape index (κ1) is 13.5. The van der Waals surface area contributed by atoms with Gasteiger partial charge < -0.3 is 10.6 Å². The van der Waals surface area contributed by atoms with Gasteiger partial charge in [0.25, 0.3) is 5.91 Å². The van der Waals surface area contributed by atoms with Crippen LogP contribution in [0.2, 0.25) is 0 Å².